The van der Waals surface area contributed by atoms with E-state index in [2.05, 4.69) is 23.8 Å². The van der Waals surface area contributed by atoms with E-state index < -0.39 is 71.3 Å². The number of nitrogens with zero attached hydrogens (tertiary/aromatic N) is 4. The largest absolute Gasteiger partial charge is 0.457 e. The first-order valence-electron chi connectivity index (χ1n) is 20.3. The third-order valence-corrected chi connectivity index (χ3v) is 12.9. The zero-order valence-corrected chi connectivity index (χ0v) is 34.4. The normalized spacial score (nSPS) is 36.8. The van der Waals surface area contributed by atoms with Crippen LogP contribution in [0.2, 0.25) is 0 Å². The van der Waals surface area contributed by atoms with Crippen LogP contribution >= 0.6 is 0 Å². The molecule has 3 saturated heterocycles. The molecule has 5 rings (SSSR count). The van der Waals surface area contributed by atoms with Crippen LogP contribution in [-0.4, -0.2) is 85.9 Å². The Morgan fingerprint density at radius 3 is 2.31 bits per heavy atom. The summed E-state index contributed by atoms with van der Waals surface area (Å²) in [5.74, 6) is -3.41. The number of hydrogen-bond donors (Lipinski definition) is 0. The van der Waals surface area contributed by atoms with Gasteiger partial charge < -0.3 is 28.4 Å². The van der Waals surface area contributed by atoms with Crippen LogP contribution in [0.15, 0.2) is 24.7 Å². The molecule has 5 heterocycles. The van der Waals surface area contributed by atoms with E-state index in [9.17, 15) is 19.2 Å². The highest BCUT2D eigenvalue weighted by molar-refractivity contribution is 6.00. The van der Waals surface area contributed by atoms with Gasteiger partial charge in [0.25, 0.3) is 0 Å². The number of aromatic nitrogens is 3. The van der Waals surface area contributed by atoms with Gasteiger partial charge in [-0.25, -0.2) is 14.8 Å². The number of cyclic esters (lactones) is 1. The molecule has 0 saturated carbocycles. The summed E-state index contributed by atoms with van der Waals surface area (Å²) in [4.78, 5) is 67.3. The van der Waals surface area contributed by atoms with Crippen molar-refractivity contribution >= 4 is 34.8 Å². The van der Waals surface area contributed by atoms with Crippen LogP contribution in [-0.2, 0) is 39.9 Å². The van der Waals surface area contributed by atoms with Gasteiger partial charge in [-0.3, -0.25) is 14.4 Å². The van der Waals surface area contributed by atoms with Gasteiger partial charge in [0.15, 0.2) is 23.3 Å². The van der Waals surface area contributed by atoms with Crippen molar-refractivity contribution in [2.24, 2.45) is 40.9 Å². The average molecular weight is 753 g/mol. The third kappa shape index (κ3) is 8.11. The molecular formula is C42H64N4O8. The molecule has 3 aliphatic heterocycles. The van der Waals surface area contributed by atoms with E-state index in [0.29, 0.717) is 50.3 Å². The molecule has 0 aliphatic carbocycles. The summed E-state index contributed by atoms with van der Waals surface area (Å²) >= 11 is 0. The second kappa shape index (κ2) is 16.8. The number of rotatable bonds is 9. The van der Waals surface area contributed by atoms with Gasteiger partial charge >= 0.3 is 12.1 Å². The maximum absolute atomic E-state index is 14.7. The van der Waals surface area contributed by atoms with Crippen LogP contribution in [0.1, 0.15) is 115 Å². The summed E-state index contributed by atoms with van der Waals surface area (Å²) < 4.78 is 27.7. The quantitative estimate of drug-likeness (QED) is 0.145. The maximum atomic E-state index is 14.7. The van der Waals surface area contributed by atoms with Crippen molar-refractivity contribution in [2.75, 3.05) is 6.54 Å². The molecule has 2 aromatic heterocycles. The minimum Gasteiger partial charge on any atom is -0.457 e. The predicted molar refractivity (Wildman–Crippen MR) is 204 cm³/mol. The third-order valence-electron chi connectivity index (χ3n) is 12.9. The number of hydrogen-bond acceptors (Lipinski definition) is 10. The lowest BCUT2D eigenvalue weighted by Gasteiger charge is -2.46. The van der Waals surface area contributed by atoms with Gasteiger partial charge in [0, 0.05) is 43.0 Å². The van der Waals surface area contributed by atoms with E-state index >= 15 is 0 Å². The van der Waals surface area contributed by atoms with Crippen molar-refractivity contribution in [1.29, 1.82) is 0 Å². The molecule has 0 spiro atoms. The Kier molecular flexibility index (Phi) is 13.0. The summed E-state index contributed by atoms with van der Waals surface area (Å²) in [7, 11) is 0. The first-order valence-corrected chi connectivity index (χ1v) is 20.3. The number of fused-ring (bicyclic) bond motifs is 2. The van der Waals surface area contributed by atoms with Crippen LogP contribution in [0, 0.1) is 40.9 Å². The fourth-order valence-corrected chi connectivity index (χ4v) is 9.72. The van der Waals surface area contributed by atoms with E-state index in [4.69, 9.17) is 18.9 Å². The smallest absolute Gasteiger partial charge is 0.410 e. The van der Waals surface area contributed by atoms with Gasteiger partial charge in [0.2, 0.25) is 0 Å². The minimum atomic E-state index is -1.29. The molecular weight excluding hydrogens is 688 g/mol. The van der Waals surface area contributed by atoms with Crippen LogP contribution in [0.4, 0.5) is 4.79 Å². The van der Waals surface area contributed by atoms with E-state index in [0.717, 1.165) is 18.4 Å². The van der Waals surface area contributed by atoms with Crippen LogP contribution < -0.4 is 0 Å². The Balaban J connectivity index is 1.46. The molecule has 3 fully saturated rings. The number of ether oxygens (including phenoxy) is 4. The number of imidazole rings is 1. The minimum absolute atomic E-state index is 0.00346. The number of amides is 1. The lowest BCUT2D eigenvalue weighted by Crippen LogP contribution is -2.59. The Morgan fingerprint density at radius 2 is 1.63 bits per heavy atom. The Morgan fingerprint density at radius 1 is 0.926 bits per heavy atom. The number of Topliss-reactive ketones (excluding diaryl/α,β-unsaturated/α-hetero) is 2. The highest BCUT2D eigenvalue weighted by atomic mass is 16.7. The van der Waals surface area contributed by atoms with Crippen LogP contribution in [0.3, 0.4) is 0 Å². The van der Waals surface area contributed by atoms with Gasteiger partial charge in [-0.05, 0) is 75.8 Å². The number of unbranched alkanes of at least 4 members (excludes halogenated alkanes) is 1. The molecule has 12 nitrogen and oxygen atoms in total. The summed E-state index contributed by atoms with van der Waals surface area (Å²) in [5, 5.41) is 0. The van der Waals surface area contributed by atoms with Crippen LogP contribution in [0.5, 0.6) is 0 Å². The molecule has 0 radical (unpaired) electrons. The predicted octanol–water partition coefficient (Wildman–Crippen LogP) is 7.41. The second-order valence-corrected chi connectivity index (χ2v) is 17.3. The number of aryl methyl sites for hydroxylation is 1. The number of ketones is 2. The van der Waals surface area contributed by atoms with Crippen molar-refractivity contribution in [3.05, 3.63) is 24.7 Å². The zero-order valence-electron chi connectivity index (χ0n) is 34.4. The molecule has 0 aromatic carbocycles. The first-order chi connectivity index (χ1) is 25.5. The molecule has 2 aromatic rings. The van der Waals surface area contributed by atoms with E-state index in [1.165, 1.54) is 0 Å². The molecule has 12 heteroatoms. The number of pyridine rings is 1. The highest BCUT2D eigenvalue weighted by Crippen LogP contribution is 2.46. The Hall–Kier alpha value is -3.38. The van der Waals surface area contributed by atoms with Crippen molar-refractivity contribution < 1.29 is 38.1 Å². The molecule has 0 N–H and O–H groups in total. The molecule has 300 valence electrons. The summed E-state index contributed by atoms with van der Waals surface area (Å²) in [6.07, 6.45) is 4.29. The van der Waals surface area contributed by atoms with Gasteiger partial charge in [-0.15, -0.1) is 0 Å². The summed E-state index contributed by atoms with van der Waals surface area (Å²) in [6, 6.07) is 3.17. The van der Waals surface area contributed by atoms with Crippen molar-refractivity contribution in [1.82, 2.24) is 19.4 Å². The molecule has 1 unspecified atom stereocenters. The van der Waals surface area contributed by atoms with Crippen molar-refractivity contribution in [3.8, 4) is 0 Å². The number of carbonyl (C=O) groups excluding carboxylic acids is 4. The Bertz CT molecular complexity index is 1660. The van der Waals surface area contributed by atoms with E-state index in [1.807, 2.05) is 72.1 Å². The van der Waals surface area contributed by atoms with Gasteiger partial charge in [-0.2, -0.15) is 0 Å². The van der Waals surface area contributed by atoms with Gasteiger partial charge in [0.05, 0.1) is 30.1 Å². The topological polar surface area (TPSA) is 139 Å². The Labute approximate surface area is 321 Å². The van der Waals surface area contributed by atoms with Gasteiger partial charge in [0.1, 0.15) is 17.8 Å². The van der Waals surface area contributed by atoms with Crippen molar-refractivity contribution in [3.63, 3.8) is 0 Å². The fraction of sp³-hybridized carbons (Fsp3) is 0.762. The number of esters is 1. The maximum Gasteiger partial charge on any atom is 0.410 e. The van der Waals surface area contributed by atoms with E-state index in [1.54, 1.807) is 24.3 Å². The summed E-state index contributed by atoms with van der Waals surface area (Å²) in [5.41, 5.74) is -0.336. The van der Waals surface area contributed by atoms with Crippen LogP contribution in [0.25, 0.3) is 11.2 Å². The standard InChI is InChI=1S/C42H64N4O8/c1-12-32-42(13-2)35(46(40(50)54-42)20-15-14-19-45-23-44-37-31(45)17-16-18-43-37)28(7)33(47)25(4)22-41(10,11)36(29(8)34(48)30(9)38(49)52-32)53-39-27(6)24(3)21-26(5)51-39/h16-18,23-30,32,35-36,39H,12-15,19-22H2,1-11H3/t24-,25+,26+,27+,28-,29-,30+,32+,35+,36+,39?,42+/m0/s1. The summed E-state index contributed by atoms with van der Waals surface area (Å²) in [6.45, 7) is 22.4. The monoisotopic (exact) mass is 752 g/mol. The zero-order chi connectivity index (χ0) is 39.7. The molecule has 3 aliphatic rings. The average Bonchev–Trinajstić information content (AvgIpc) is 3.68. The lowest BCUT2D eigenvalue weighted by molar-refractivity contribution is -0.267. The SMILES string of the molecule is CC[C@H]1OC(=O)[C@H](C)C(=O)[C@H](C)[C@@H](OC2O[C@H](C)C[C@H](C)[C@H]2C)C(C)(C)C[C@@H](C)C(=O)[C@H](C)[C@H]2N(CCCCn3cnc4ncccc43)C(=O)O[C@]12CC. The van der Waals surface area contributed by atoms with E-state index in [-0.39, 0.29) is 23.6 Å². The van der Waals surface area contributed by atoms with Crippen molar-refractivity contribution in [2.45, 2.75) is 157 Å². The van der Waals surface area contributed by atoms with Gasteiger partial charge in [-0.1, -0.05) is 62.3 Å². The molecule has 0 bridgehead atoms. The first kappa shape index (κ1) is 41.8. The molecule has 54 heavy (non-hydrogen) atoms. The fourth-order valence-electron chi connectivity index (χ4n) is 9.72. The lowest BCUT2D eigenvalue weighted by atomic mass is 9.68. The molecule has 12 atom stereocenters. The highest BCUT2D eigenvalue weighted by Gasteiger charge is 2.61. The number of carbonyl (C=O) groups is 4. The second-order valence-electron chi connectivity index (χ2n) is 17.3. The molecule has 1 amide bonds.